The summed E-state index contributed by atoms with van der Waals surface area (Å²) in [5.41, 5.74) is 3.68. The molecule has 0 radical (unpaired) electrons. The topological polar surface area (TPSA) is 59.8 Å². The molecule has 34 heavy (non-hydrogen) atoms. The number of fused-ring (bicyclic) bond motifs is 2. The summed E-state index contributed by atoms with van der Waals surface area (Å²) in [7, 11) is 1.62. The molecular formula is C29H27NO4. The molecule has 1 aliphatic rings. The molecule has 1 amide bonds. The van der Waals surface area contributed by atoms with Crippen LogP contribution in [0.25, 0.3) is 11.0 Å². The smallest absolute Gasteiger partial charge is 0.291 e. The van der Waals surface area contributed by atoms with E-state index in [0.717, 1.165) is 16.9 Å². The minimum atomic E-state index is -0.528. The SMILES string of the molecule is COc1ccc(CN2C(=O)c3oc4ccccc4c(=O)c3C2c2ccc(C(C)(C)C)cc2)cc1. The molecule has 2 heterocycles. The zero-order valence-corrected chi connectivity index (χ0v) is 19.8. The van der Waals surface area contributed by atoms with E-state index in [-0.39, 0.29) is 22.5 Å². The number of rotatable bonds is 4. The number of carbonyl (C=O) groups excluding carboxylic acids is 1. The fourth-order valence-electron chi connectivity index (χ4n) is 4.57. The number of para-hydroxylation sites is 1. The molecule has 0 saturated heterocycles. The van der Waals surface area contributed by atoms with Gasteiger partial charge < -0.3 is 14.1 Å². The molecule has 172 valence electrons. The summed E-state index contributed by atoms with van der Waals surface area (Å²) >= 11 is 0. The fraction of sp³-hybridized carbons (Fsp3) is 0.241. The number of carbonyl (C=O) groups is 1. The van der Waals surface area contributed by atoms with Gasteiger partial charge in [0.2, 0.25) is 5.76 Å². The van der Waals surface area contributed by atoms with Crippen LogP contribution in [-0.4, -0.2) is 17.9 Å². The standard InChI is InChI=1S/C29H27NO4/c1-29(2,3)20-13-11-19(12-14-20)25-24-26(31)22-7-5-6-8-23(22)34-27(24)28(32)30(25)17-18-9-15-21(33-4)16-10-18/h5-16,25H,17H2,1-4H3. The third-order valence-corrected chi connectivity index (χ3v) is 6.48. The number of amides is 1. The summed E-state index contributed by atoms with van der Waals surface area (Å²) in [4.78, 5) is 28.9. The van der Waals surface area contributed by atoms with Crippen molar-refractivity contribution in [1.82, 2.24) is 4.90 Å². The molecule has 3 aromatic carbocycles. The second-order valence-corrected chi connectivity index (χ2v) is 9.73. The van der Waals surface area contributed by atoms with Gasteiger partial charge in [0, 0.05) is 6.54 Å². The van der Waals surface area contributed by atoms with Gasteiger partial charge in [0.25, 0.3) is 5.91 Å². The Bertz CT molecular complexity index is 1430. The molecule has 1 atom stereocenters. The van der Waals surface area contributed by atoms with Gasteiger partial charge >= 0.3 is 0 Å². The van der Waals surface area contributed by atoms with E-state index in [9.17, 15) is 9.59 Å². The van der Waals surface area contributed by atoms with Gasteiger partial charge in [0.05, 0.1) is 24.1 Å². The first kappa shape index (κ1) is 22.0. The van der Waals surface area contributed by atoms with Crippen LogP contribution < -0.4 is 10.2 Å². The summed E-state index contributed by atoms with van der Waals surface area (Å²) in [6.45, 7) is 6.82. The van der Waals surface area contributed by atoms with Crippen molar-refractivity contribution < 1.29 is 13.9 Å². The zero-order chi connectivity index (χ0) is 24.0. The lowest BCUT2D eigenvalue weighted by Gasteiger charge is -2.26. The Morgan fingerprint density at radius 1 is 0.912 bits per heavy atom. The Hall–Kier alpha value is -3.86. The highest BCUT2D eigenvalue weighted by Crippen LogP contribution is 2.39. The molecule has 0 fully saturated rings. The van der Waals surface area contributed by atoms with Crippen molar-refractivity contribution in [3.63, 3.8) is 0 Å². The first-order valence-electron chi connectivity index (χ1n) is 11.4. The van der Waals surface area contributed by atoms with Crippen molar-refractivity contribution in [2.24, 2.45) is 0 Å². The van der Waals surface area contributed by atoms with Crippen molar-refractivity contribution in [3.8, 4) is 5.75 Å². The Kier molecular flexibility index (Phi) is 5.28. The second-order valence-electron chi connectivity index (χ2n) is 9.73. The van der Waals surface area contributed by atoms with Crippen molar-refractivity contribution in [1.29, 1.82) is 0 Å². The molecule has 1 aromatic heterocycles. The lowest BCUT2D eigenvalue weighted by Crippen LogP contribution is -2.29. The summed E-state index contributed by atoms with van der Waals surface area (Å²) in [5.74, 6) is 0.595. The van der Waals surface area contributed by atoms with Crippen molar-refractivity contribution in [2.75, 3.05) is 7.11 Å². The van der Waals surface area contributed by atoms with Crippen LogP contribution in [0.15, 0.2) is 82.0 Å². The van der Waals surface area contributed by atoms with Crippen molar-refractivity contribution in [2.45, 2.75) is 38.8 Å². The van der Waals surface area contributed by atoms with Crippen LogP contribution in [-0.2, 0) is 12.0 Å². The van der Waals surface area contributed by atoms with E-state index >= 15 is 0 Å². The summed E-state index contributed by atoms with van der Waals surface area (Å²) in [5, 5.41) is 0.483. The minimum Gasteiger partial charge on any atom is -0.497 e. The monoisotopic (exact) mass is 453 g/mol. The van der Waals surface area contributed by atoms with Gasteiger partial charge in [-0.2, -0.15) is 0 Å². The number of methoxy groups -OCH3 is 1. The van der Waals surface area contributed by atoms with Gasteiger partial charge in [0.1, 0.15) is 11.3 Å². The first-order valence-corrected chi connectivity index (χ1v) is 11.4. The molecular weight excluding hydrogens is 426 g/mol. The van der Waals surface area contributed by atoms with Gasteiger partial charge in [-0.1, -0.05) is 69.3 Å². The second kappa shape index (κ2) is 8.17. The molecule has 5 nitrogen and oxygen atoms in total. The maximum absolute atomic E-state index is 13.6. The number of hydrogen-bond donors (Lipinski definition) is 0. The van der Waals surface area contributed by atoms with Crippen molar-refractivity contribution in [3.05, 3.63) is 111 Å². The van der Waals surface area contributed by atoms with Crippen LogP contribution in [0.4, 0.5) is 0 Å². The highest BCUT2D eigenvalue weighted by molar-refractivity contribution is 5.99. The maximum atomic E-state index is 13.6. The van der Waals surface area contributed by atoms with E-state index in [4.69, 9.17) is 9.15 Å². The molecule has 5 rings (SSSR count). The fourth-order valence-corrected chi connectivity index (χ4v) is 4.57. The molecule has 0 bridgehead atoms. The Balaban J connectivity index is 1.66. The van der Waals surface area contributed by atoms with Gasteiger partial charge in [-0.15, -0.1) is 0 Å². The molecule has 0 aliphatic carbocycles. The number of nitrogens with zero attached hydrogens (tertiary/aromatic N) is 1. The maximum Gasteiger partial charge on any atom is 0.291 e. The van der Waals surface area contributed by atoms with Gasteiger partial charge in [-0.3, -0.25) is 9.59 Å². The third-order valence-electron chi connectivity index (χ3n) is 6.48. The highest BCUT2D eigenvalue weighted by atomic mass is 16.5. The minimum absolute atomic E-state index is 0.0000550. The lowest BCUT2D eigenvalue weighted by atomic mass is 9.86. The predicted molar refractivity (Wildman–Crippen MR) is 132 cm³/mol. The highest BCUT2D eigenvalue weighted by Gasteiger charge is 2.42. The Labute approximate surface area is 198 Å². The van der Waals surface area contributed by atoms with E-state index in [0.29, 0.717) is 23.1 Å². The van der Waals surface area contributed by atoms with Crippen LogP contribution in [0.5, 0.6) is 5.75 Å². The van der Waals surface area contributed by atoms with Gasteiger partial charge in [0.15, 0.2) is 5.43 Å². The number of ether oxygens (including phenoxy) is 1. The molecule has 1 aliphatic heterocycles. The Morgan fingerprint density at radius 3 is 2.24 bits per heavy atom. The van der Waals surface area contributed by atoms with Gasteiger partial charge in [-0.05, 0) is 46.4 Å². The third kappa shape index (κ3) is 3.67. The molecule has 0 N–H and O–H groups in total. The van der Waals surface area contributed by atoms with E-state index in [1.54, 1.807) is 30.2 Å². The molecule has 0 spiro atoms. The zero-order valence-electron chi connectivity index (χ0n) is 19.8. The predicted octanol–water partition coefficient (Wildman–Crippen LogP) is 5.84. The van der Waals surface area contributed by atoms with Gasteiger partial charge in [-0.25, -0.2) is 0 Å². The average Bonchev–Trinajstić information content (AvgIpc) is 3.11. The number of benzene rings is 3. The molecule has 1 unspecified atom stereocenters. The van der Waals surface area contributed by atoms with Crippen LogP contribution >= 0.6 is 0 Å². The van der Waals surface area contributed by atoms with E-state index in [2.05, 4.69) is 32.9 Å². The lowest BCUT2D eigenvalue weighted by molar-refractivity contribution is 0.0714. The average molecular weight is 454 g/mol. The van der Waals surface area contributed by atoms with E-state index in [1.807, 2.05) is 42.5 Å². The van der Waals surface area contributed by atoms with Crippen molar-refractivity contribution >= 4 is 16.9 Å². The van der Waals surface area contributed by atoms with E-state index < -0.39 is 6.04 Å². The quantitative estimate of drug-likeness (QED) is 0.389. The largest absolute Gasteiger partial charge is 0.497 e. The normalized spacial score (nSPS) is 15.6. The Morgan fingerprint density at radius 2 is 1.59 bits per heavy atom. The molecule has 4 aromatic rings. The van der Waals surface area contributed by atoms with E-state index in [1.165, 1.54) is 5.56 Å². The van der Waals surface area contributed by atoms with Crippen LogP contribution in [0.2, 0.25) is 0 Å². The number of hydrogen-bond acceptors (Lipinski definition) is 4. The summed E-state index contributed by atoms with van der Waals surface area (Å²) < 4.78 is 11.3. The van der Waals surface area contributed by atoms with Crippen LogP contribution in [0.1, 0.15) is 59.6 Å². The summed E-state index contributed by atoms with van der Waals surface area (Å²) in [6, 6.07) is 22.3. The van der Waals surface area contributed by atoms with Crippen LogP contribution in [0, 0.1) is 0 Å². The molecule has 0 saturated carbocycles. The summed E-state index contributed by atoms with van der Waals surface area (Å²) in [6.07, 6.45) is 0. The first-order chi connectivity index (χ1) is 16.3. The molecule has 5 heteroatoms. The van der Waals surface area contributed by atoms with Crippen LogP contribution in [0.3, 0.4) is 0 Å².